The van der Waals surface area contributed by atoms with Crippen LogP contribution in [0.2, 0.25) is 0 Å². The number of rotatable bonds is 8. The normalized spacial score (nSPS) is 11.9. The quantitative estimate of drug-likeness (QED) is 0.659. The molecular weight excluding hydrogens is 386 g/mol. The van der Waals surface area contributed by atoms with E-state index in [2.05, 4.69) is 16.6 Å². The molecule has 0 aliphatic carbocycles. The van der Waals surface area contributed by atoms with Gasteiger partial charge in [0.25, 0.3) is 5.91 Å². The Bertz CT molecular complexity index is 989. The smallest absolute Gasteiger partial charge is 0.251 e. The molecule has 8 heteroatoms. The summed E-state index contributed by atoms with van der Waals surface area (Å²) in [6.45, 7) is 6.95. The summed E-state index contributed by atoms with van der Waals surface area (Å²) in [4.78, 5) is 11.8. The molecule has 0 aromatic heterocycles. The van der Waals surface area contributed by atoms with Crippen LogP contribution >= 0.6 is 0 Å². The van der Waals surface area contributed by atoms with E-state index in [1.165, 1.54) is 18.2 Å². The number of halogens is 2. The van der Waals surface area contributed by atoms with Crippen LogP contribution in [0.5, 0.6) is 0 Å². The van der Waals surface area contributed by atoms with Crippen molar-refractivity contribution in [3.8, 4) is 0 Å². The third-order valence-corrected chi connectivity index (χ3v) is 5.63. The average molecular weight is 408 g/mol. The van der Waals surface area contributed by atoms with E-state index in [9.17, 15) is 22.0 Å². The van der Waals surface area contributed by atoms with Crippen LogP contribution in [-0.2, 0) is 15.4 Å². The predicted octanol–water partition coefficient (Wildman–Crippen LogP) is 3.14. The van der Waals surface area contributed by atoms with E-state index >= 15 is 0 Å². The Morgan fingerprint density at radius 3 is 2.46 bits per heavy atom. The second kappa shape index (κ2) is 8.62. The van der Waals surface area contributed by atoms with Crippen molar-refractivity contribution in [1.29, 1.82) is 0 Å². The highest BCUT2D eigenvalue weighted by Crippen LogP contribution is 2.25. The zero-order chi connectivity index (χ0) is 20.9. The Morgan fingerprint density at radius 1 is 1.14 bits per heavy atom. The maximum Gasteiger partial charge on any atom is 0.251 e. The minimum atomic E-state index is -4.13. The number of benzene rings is 2. The average Bonchev–Trinajstić information content (AvgIpc) is 2.65. The van der Waals surface area contributed by atoms with Gasteiger partial charge in [0, 0.05) is 24.1 Å². The van der Waals surface area contributed by atoms with Crippen LogP contribution in [0, 0.1) is 11.6 Å². The van der Waals surface area contributed by atoms with Crippen molar-refractivity contribution in [1.82, 2.24) is 10.0 Å². The second-order valence-electron chi connectivity index (χ2n) is 6.83. The van der Waals surface area contributed by atoms with E-state index in [4.69, 9.17) is 0 Å². The van der Waals surface area contributed by atoms with Gasteiger partial charge in [-0.15, -0.1) is 6.58 Å². The van der Waals surface area contributed by atoms with Crippen LogP contribution in [0.4, 0.5) is 8.78 Å². The standard InChI is InChI=1S/C20H22F2N2O3S/c1-4-11-24-28(26,27)18-12-14(9-10-17(18)22)19(25)23-13-20(2,3)15-7-5-6-8-16(15)21/h4-10,12,24H,1,11,13H2,2-3H3,(H,23,25). The molecule has 0 atom stereocenters. The van der Waals surface area contributed by atoms with Gasteiger partial charge in [0.2, 0.25) is 10.0 Å². The van der Waals surface area contributed by atoms with Crippen molar-refractivity contribution in [3.63, 3.8) is 0 Å². The molecule has 0 unspecified atom stereocenters. The van der Waals surface area contributed by atoms with E-state index in [0.717, 1.165) is 12.1 Å². The van der Waals surface area contributed by atoms with E-state index in [-0.39, 0.29) is 24.5 Å². The molecule has 2 N–H and O–H groups in total. The minimum absolute atomic E-state index is 0.0234. The Labute approximate surface area is 163 Å². The number of carbonyl (C=O) groups is 1. The SMILES string of the molecule is C=CCNS(=O)(=O)c1cc(C(=O)NCC(C)(C)c2ccccc2F)ccc1F. The summed E-state index contributed by atoms with van der Waals surface area (Å²) < 4.78 is 54.5. The first-order valence-electron chi connectivity index (χ1n) is 8.52. The van der Waals surface area contributed by atoms with Crippen LogP contribution < -0.4 is 10.0 Å². The van der Waals surface area contributed by atoms with E-state index in [0.29, 0.717) is 5.56 Å². The summed E-state index contributed by atoms with van der Waals surface area (Å²) in [5, 5.41) is 2.65. The van der Waals surface area contributed by atoms with Crippen LogP contribution in [0.15, 0.2) is 60.0 Å². The lowest BCUT2D eigenvalue weighted by Gasteiger charge is -2.26. The molecular formula is C20H22F2N2O3S. The first kappa shape index (κ1) is 21.7. The summed E-state index contributed by atoms with van der Waals surface area (Å²) in [6.07, 6.45) is 1.32. The molecule has 0 aliphatic rings. The fourth-order valence-electron chi connectivity index (χ4n) is 2.61. The molecule has 0 saturated carbocycles. The fourth-order valence-corrected chi connectivity index (χ4v) is 3.71. The third-order valence-electron chi connectivity index (χ3n) is 4.19. The topological polar surface area (TPSA) is 75.3 Å². The van der Waals surface area contributed by atoms with Crippen LogP contribution in [0.25, 0.3) is 0 Å². The van der Waals surface area contributed by atoms with Crippen molar-refractivity contribution >= 4 is 15.9 Å². The van der Waals surface area contributed by atoms with Crippen molar-refractivity contribution in [2.75, 3.05) is 13.1 Å². The van der Waals surface area contributed by atoms with Crippen molar-refractivity contribution in [2.45, 2.75) is 24.2 Å². The molecule has 150 valence electrons. The van der Waals surface area contributed by atoms with Gasteiger partial charge in [-0.1, -0.05) is 38.1 Å². The highest BCUT2D eigenvalue weighted by Gasteiger charge is 2.25. The van der Waals surface area contributed by atoms with Gasteiger partial charge in [0.05, 0.1) is 0 Å². The number of hydrogen-bond acceptors (Lipinski definition) is 3. The number of carbonyl (C=O) groups excluding carboxylic acids is 1. The van der Waals surface area contributed by atoms with Gasteiger partial charge in [-0.25, -0.2) is 21.9 Å². The largest absolute Gasteiger partial charge is 0.351 e. The number of hydrogen-bond donors (Lipinski definition) is 2. The van der Waals surface area contributed by atoms with Gasteiger partial charge in [-0.05, 0) is 29.8 Å². The van der Waals surface area contributed by atoms with Gasteiger partial charge in [-0.2, -0.15) is 0 Å². The molecule has 2 aromatic carbocycles. The maximum absolute atomic E-state index is 14.0. The van der Waals surface area contributed by atoms with Gasteiger partial charge >= 0.3 is 0 Å². The number of sulfonamides is 1. The van der Waals surface area contributed by atoms with Gasteiger partial charge in [0.15, 0.2) is 0 Å². The molecule has 0 radical (unpaired) electrons. The summed E-state index contributed by atoms with van der Waals surface area (Å²) in [7, 11) is -4.13. The number of amides is 1. The summed E-state index contributed by atoms with van der Waals surface area (Å²) in [5.41, 5.74) is -0.294. The number of nitrogens with one attached hydrogen (secondary N) is 2. The van der Waals surface area contributed by atoms with Crippen molar-refractivity contribution < 1.29 is 22.0 Å². The first-order chi connectivity index (χ1) is 13.1. The first-order valence-corrected chi connectivity index (χ1v) is 10.00. The monoisotopic (exact) mass is 408 g/mol. The molecule has 0 bridgehead atoms. The lowest BCUT2D eigenvalue weighted by Crippen LogP contribution is -2.37. The third kappa shape index (κ3) is 5.02. The Hall–Kier alpha value is -2.58. The summed E-state index contributed by atoms with van der Waals surface area (Å²) in [6, 6.07) is 9.32. The molecule has 2 aromatic rings. The highest BCUT2D eigenvalue weighted by molar-refractivity contribution is 7.89. The fraction of sp³-hybridized carbons (Fsp3) is 0.250. The van der Waals surface area contributed by atoms with E-state index < -0.39 is 32.1 Å². The zero-order valence-corrected chi connectivity index (χ0v) is 16.4. The molecule has 5 nitrogen and oxygen atoms in total. The molecule has 2 rings (SSSR count). The molecule has 0 fully saturated rings. The van der Waals surface area contributed by atoms with Crippen LogP contribution in [0.1, 0.15) is 29.8 Å². The molecule has 0 heterocycles. The molecule has 0 saturated heterocycles. The van der Waals surface area contributed by atoms with E-state index in [1.54, 1.807) is 32.0 Å². The van der Waals surface area contributed by atoms with Crippen LogP contribution in [0.3, 0.4) is 0 Å². The Kier molecular flexibility index (Phi) is 6.69. The van der Waals surface area contributed by atoms with Gasteiger partial charge in [0.1, 0.15) is 16.5 Å². The van der Waals surface area contributed by atoms with Gasteiger partial charge in [-0.3, -0.25) is 4.79 Å². The molecule has 0 spiro atoms. The molecule has 1 amide bonds. The van der Waals surface area contributed by atoms with E-state index in [1.807, 2.05) is 0 Å². The lowest BCUT2D eigenvalue weighted by atomic mass is 9.84. The molecule has 0 aliphatic heterocycles. The predicted molar refractivity (Wildman–Crippen MR) is 104 cm³/mol. The minimum Gasteiger partial charge on any atom is -0.351 e. The summed E-state index contributed by atoms with van der Waals surface area (Å²) in [5.74, 6) is -1.95. The maximum atomic E-state index is 14.0. The van der Waals surface area contributed by atoms with Crippen LogP contribution in [-0.4, -0.2) is 27.4 Å². The second-order valence-corrected chi connectivity index (χ2v) is 8.57. The van der Waals surface area contributed by atoms with Crippen molar-refractivity contribution in [2.24, 2.45) is 0 Å². The lowest BCUT2D eigenvalue weighted by molar-refractivity contribution is 0.0945. The van der Waals surface area contributed by atoms with Gasteiger partial charge < -0.3 is 5.32 Å². The summed E-state index contributed by atoms with van der Waals surface area (Å²) >= 11 is 0. The van der Waals surface area contributed by atoms with Crippen molar-refractivity contribution in [3.05, 3.63) is 77.9 Å². The Morgan fingerprint density at radius 2 is 1.82 bits per heavy atom. The zero-order valence-electron chi connectivity index (χ0n) is 15.6. The Balaban J connectivity index is 2.20. The molecule has 28 heavy (non-hydrogen) atoms. The highest BCUT2D eigenvalue weighted by atomic mass is 32.2.